The number of sulfonamides is 1. The Morgan fingerprint density at radius 3 is 2.28 bits per heavy atom. The molecule has 1 N–H and O–H groups in total. The second-order valence-corrected chi connectivity index (χ2v) is 10.5. The van der Waals surface area contributed by atoms with Crippen molar-refractivity contribution in [3.05, 3.63) is 96.2 Å². The Balaban J connectivity index is 1.23. The van der Waals surface area contributed by atoms with Gasteiger partial charge in [0.2, 0.25) is 0 Å². The highest BCUT2D eigenvalue weighted by atomic mass is 32.2. The van der Waals surface area contributed by atoms with Gasteiger partial charge in [-0.25, -0.2) is 8.42 Å². The molecule has 8 heteroatoms. The van der Waals surface area contributed by atoms with Crippen LogP contribution in [0.25, 0.3) is 10.9 Å². The lowest BCUT2D eigenvalue weighted by atomic mass is 10.1. The summed E-state index contributed by atoms with van der Waals surface area (Å²) in [5.41, 5.74) is 3.83. The maximum Gasteiger partial charge on any atom is 0.264 e. The van der Waals surface area contributed by atoms with Crippen molar-refractivity contribution in [3.63, 3.8) is 0 Å². The van der Waals surface area contributed by atoms with Gasteiger partial charge < -0.3 is 9.80 Å². The number of pyridine rings is 1. The van der Waals surface area contributed by atoms with E-state index in [1.165, 1.54) is 17.3 Å². The maximum absolute atomic E-state index is 13.1. The van der Waals surface area contributed by atoms with Crippen molar-refractivity contribution < 1.29 is 13.2 Å². The lowest BCUT2D eigenvalue weighted by molar-refractivity contribution is 0.0747. The molecule has 36 heavy (non-hydrogen) atoms. The summed E-state index contributed by atoms with van der Waals surface area (Å²) in [6.07, 6.45) is 2.59. The monoisotopic (exact) mass is 500 g/mol. The average Bonchev–Trinajstić information content (AvgIpc) is 2.93. The Hall–Kier alpha value is -3.91. The fourth-order valence-electron chi connectivity index (χ4n) is 4.48. The van der Waals surface area contributed by atoms with Crippen molar-refractivity contribution >= 4 is 38.2 Å². The summed E-state index contributed by atoms with van der Waals surface area (Å²) in [4.78, 5) is 21.5. The summed E-state index contributed by atoms with van der Waals surface area (Å²) in [5, 5.41) is 0.749. The second-order valence-electron chi connectivity index (χ2n) is 8.81. The van der Waals surface area contributed by atoms with Crippen LogP contribution in [0.1, 0.15) is 22.8 Å². The van der Waals surface area contributed by atoms with Gasteiger partial charge in [-0.2, -0.15) is 0 Å². The van der Waals surface area contributed by atoms with Crippen LogP contribution in [-0.4, -0.2) is 50.4 Å². The molecule has 1 amide bonds. The van der Waals surface area contributed by atoms with E-state index in [1.54, 1.807) is 42.6 Å². The second kappa shape index (κ2) is 9.99. The minimum Gasteiger partial charge on any atom is -0.368 e. The van der Waals surface area contributed by atoms with Crippen LogP contribution < -0.4 is 9.62 Å². The Kier molecular flexibility index (Phi) is 6.61. The van der Waals surface area contributed by atoms with Gasteiger partial charge in [-0.15, -0.1) is 0 Å². The van der Waals surface area contributed by atoms with Gasteiger partial charge in [-0.3, -0.25) is 14.5 Å². The van der Waals surface area contributed by atoms with Crippen LogP contribution in [0.4, 0.5) is 11.4 Å². The fraction of sp³-hybridized carbons (Fsp3) is 0.214. The zero-order chi connectivity index (χ0) is 25.1. The van der Waals surface area contributed by atoms with Crippen LogP contribution in [0.3, 0.4) is 0 Å². The number of hydrogen-bond donors (Lipinski definition) is 1. The number of fused-ring (bicyclic) bond motifs is 1. The third-order valence-electron chi connectivity index (χ3n) is 6.55. The standard InChI is InChI=1S/C28H28N4O3S/c1-2-21-8-14-25(15-9-21)31-17-19-32(20-18-31)28(33)23-10-12-24(13-11-23)30-36(34,35)26-7-3-5-22-6-4-16-29-27(22)26/h3-16,30H,2,17-20H2,1H3. The van der Waals surface area contributed by atoms with E-state index in [2.05, 4.69) is 45.8 Å². The Morgan fingerprint density at radius 2 is 1.58 bits per heavy atom. The van der Waals surface area contributed by atoms with Gasteiger partial charge >= 0.3 is 0 Å². The smallest absolute Gasteiger partial charge is 0.264 e. The van der Waals surface area contributed by atoms with Crippen LogP contribution >= 0.6 is 0 Å². The number of hydrogen-bond acceptors (Lipinski definition) is 5. The predicted octanol–water partition coefficient (Wildman–Crippen LogP) is 4.56. The number of aryl methyl sites for hydroxylation is 1. The number of carbonyl (C=O) groups excluding carboxylic acids is 1. The highest BCUT2D eigenvalue weighted by Crippen LogP contribution is 2.24. The Morgan fingerprint density at radius 1 is 0.889 bits per heavy atom. The van der Waals surface area contributed by atoms with Crippen molar-refractivity contribution in [2.24, 2.45) is 0 Å². The molecule has 0 atom stereocenters. The van der Waals surface area contributed by atoms with Gasteiger partial charge in [0.15, 0.2) is 0 Å². The van der Waals surface area contributed by atoms with E-state index in [-0.39, 0.29) is 10.8 Å². The highest BCUT2D eigenvalue weighted by molar-refractivity contribution is 7.93. The highest BCUT2D eigenvalue weighted by Gasteiger charge is 2.23. The topological polar surface area (TPSA) is 82.6 Å². The largest absolute Gasteiger partial charge is 0.368 e. The number of benzene rings is 3. The molecule has 5 rings (SSSR count). The number of rotatable bonds is 6. The van der Waals surface area contributed by atoms with Gasteiger partial charge in [0.25, 0.3) is 15.9 Å². The molecule has 0 spiro atoms. The van der Waals surface area contributed by atoms with Crippen LogP contribution in [0.5, 0.6) is 0 Å². The molecule has 0 unspecified atom stereocenters. The van der Waals surface area contributed by atoms with Gasteiger partial charge in [-0.05, 0) is 60.5 Å². The van der Waals surface area contributed by atoms with Crippen molar-refractivity contribution in [3.8, 4) is 0 Å². The number of piperazine rings is 1. The summed E-state index contributed by atoms with van der Waals surface area (Å²) in [7, 11) is -3.84. The number of amides is 1. The van der Waals surface area contributed by atoms with E-state index in [0.29, 0.717) is 29.9 Å². The number of aromatic nitrogens is 1. The molecule has 1 saturated heterocycles. The SMILES string of the molecule is CCc1ccc(N2CCN(C(=O)c3ccc(NS(=O)(=O)c4cccc5cccnc45)cc3)CC2)cc1. The molecule has 2 heterocycles. The van der Waals surface area contributed by atoms with E-state index in [4.69, 9.17) is 0 Å². The maximum atomic E-state index is 13.1. The first-order valence-electron chi connectivity index (χ1n) is 12.0. The van der Waals surface area contributed by atoms with Gasteiger partial charge in [0, 0.05) is 54.7 Å². The molecule has 0 saturated carbocycles. The molecule has 7 nitrogen and oxygen atoms in total. The number of para-hydroxylation sites is 1. The van der Waals surface area contributed by atoms with E-state index in [0.717, 1.165) is 24.9 Å². The zero-order valence-electron chi connectivity index (χ0n) is 20.1. The van der Waals surface area contributed by atoms with Crippen LogP contribution in [-0.2, 0) is 16.4 Å². The molecule has 0 radical (unpaired) electrons. The summed E-state index contributed by atoms with van der Waals surface area (Å²) < 4.78 is 28.7. The molecular weight excluding hydrogens is 472 g/mol. The van der Waals surface area contributed by atoms with Crippen molar-refractivity contribution in [1.82, 2.24) is 9.88 Å². The summed E-state index contributed by atoms with van der Waals surface area (Å²) in [6.45, 7) is 4.96. The molecule has 0 bridgehead atoms. The number of nitrogens with one attached hydrogen (secondary N) is 1. The number of anilines is 2. The van der Waals surface area contributed by atoms with Gasteiger partial charge in [-0.1, -0.05) is 37.3 Å². The molecule has 4 aromatic rings. The Labute approximate surface area is 211 Å². The fourth-order valence-corrected chi connectivity index (χ4v) is 5.72. The summed E-state index contributed by atoms with van der Waals surface area (Å²) >= 11 is 0. The van der Waals surface area contributed by atoms with Crippen molar-refractivity contribution in [2.45, 2.75) is 18.2 Å². The Bertz CT molecular complexity index is 1470. The van der Waals surface area contributed by atoms with Crippen LogP contribution in [0, 0.1) is 0 Å². The zero-order valence-corrected chi connectivity index (χ0v) is 20.9. The molecule has 1 fully saturated rings. The average molecular weight is 501 g/mol. The molecular formula is C28H28N4O3S. The molecule has 184 valence electrons. The first kappa shape index (κ1) is 23.8. The van der Waals surface area contributed by atoms with E-state index in [9.17, 15) is 13.2 Å². The summed E-state index contributed by atoms with van der Waals surface area (Å²) in [6, 6.07) is 23.8. The third-order valence-corrected chi connectivity index (χ3v) is 7.96. The van der Waals surface area contributed by atoms with Crippen molar-refractivity contribution in [2.75, 3.05) is 35.8 Å². The van der Waals surface area contributed by atoms with Gasteiger partial charge in [0.05, 0.1) is 5.52 Å². The molecule has 0 aliphatic carbocycles. The third kappa shape index (κ3) is 4.90. The first-order valence-corrected chi connectivity index (χ1v) is 13.5. The quantitative estimate of drug-likeness (QED) is 0.420. The lowest BCUT2D eigenvalue weighted by Crippen LogP contribution is -2.48. The van der Waals surface area contributed by atoms with E-state index in [1.807, 2.05) is 17.0 Å². The van der Waals surface area contributed by atoms with Crippen LogP contribution in [0.15, 0.2) is 90.0 Å². The molecule has 1 aliphatic rings. The molecule has 3 aromatic carbocycles. The van der Waals surface area contributed by atoms with E-state index >= 15 is 0 Å². The minimum atomic E-state index is -3.84. The predicted molar refractivity (Wildman–Crippen MR) is 143 cm³/mol. The number of carbonyl (C=O) groups is 1. The summed E-state index contributed by atoms with van der Waals surface area (Å²) in [5.74, 6) is -0.0522. The first-order chi connectivity index (χ1) is 17.4. The van der Waals surface area contributed by atoms with Crippen LogP contribution in [0.2, 0.25) is 0 Å². The lowest BCUT2D eigenvalue weighted by Gasteiger charge is -2.36. The van der Waals surface area contributed by atoms with E-state index < -0.39 is 10.0 Å². The van der Waals surface area contributed by atoms with Gasteiger partial charge in [0.1, 0.15) is 4.90 Å². The number of nitrogens with zero attached hydrogens (tertiary/aromatic N) is 3. The minimum absolute atomic E-state index is 0.0522. The normalized spacial score (nSPS) is 14.1. The molecule has 1 aromatic heterocycles. The molecule has 1 aliphatic heterocycles. The van der Waals surface area contributed by atoms with Crippen molar-refractivity contribution in [1.29, 1.82) is 0 Å².